The Morgan fingerprint density at radius 1 is 1.24 bits per heavy atom. The molecule has 0 aliphatic carbocycles. The first kappa shape index (κ1) is 15.8. The van der Waals surface area contributed by atoms with Crippen LogP contribution in [0.15, 0.2) is 24.3 Å². The summed E-state index contributed by atoms with van der Waals surface area (Å²) in [4.78, 5) is 12.3. The lowest BCUT2D eigenvalue weighted by molar-refractivity contribution is -0.159. The predicted molar refractivity (Wildman–Crippen MR) is 82.6 cm³/mol. The Balaban J connectivity index is 2.09. The third-order valence-electron chi connectivity index (χ3n) is 3.54. The monoisotopic (exact) mass is 291 g/mol. The lowest BCUT2D eigenvalue weighted by Crippen LogP contribution is -2.31. The van der Waals surface area contributed by atoms with Crippen molar-refractivity contribution in [2.75, 3.05) is 19.7 Å². The summed E-state index contributed by atoms with van der Waals surface area (Å²) in [5.41, 5.74) is 0.711. The van der Waals surface area contributed by atoms with E-state index in [2.05, 4.69) is 5.32 Å². The van der Waals surface area contributed by atoms with E-state index in [1.807, 2.05) is 52.0 Å². The fraction of sp³-hybridized carbons (Fsp3) is 0.588. The van der Waals surface area contributed by atoms with Gasteiger partial charge < -0.3 is 14.8 Å². The molecule has 1 aliphatic rings. The molecule has 2 atom stereocenters. The van der Waals surface area contributed by atoms with Crippen molar-refractivity contribution in [2.24, 2.45) is 5.92 Å². The second-order valence-corrected chi connectivity index (χ2v) is 6.41. The summed E-state index contributed by atoms with van der Waals surface area (Å²) in [5.74, 6) is 0.783. The molecule has 116 valence electrons. The SMILES string of the molecule is CCOc1ccc(C2CNCC2C(=O)OC(C)(C)C)cc1. The van der Waals surface area contributed by atoms with E-state index in [-0.39, 0.29) is 17.8 Å². The van der Waals surface area contributed by atoms with Gasteiger partial charge in [-0.1, -0.05) is 12.1 Å². The Morgan fingerprint density at radius 2 is 1.90 bits per heavy atom. The summed E-state index contributed by atoms with van der Waals surface area (Å²) < 4.78 is 11.0. The maximum atomic E-state index is 12.3. The standard InChI is InChI=1S/C17H25NO3/c1-5-20-13-8-6-12(7-9-13)14-10-18-11-15(14)16(19)21-17(2,3)4/h6-9,14-15,18H,5,10-11H2,1-4H3. The second-order valence-electron chi connectivity index (χ2n) is 6.41. The van der Waals surface area contributed by atoms with Crippen molar-refractivity contribution in [2.45, 2.75) is 39.2 Å². The zero-order chi connectivity index (χ0) is 15.5. The van der Waals surface area contributed by atoms with Crippen LogP contribution in [0, 0.1) is 5.92 Å². The highest BCUT2D eigenvalue weighted by Crippen LogP contribution is 2.31. The summed E-state index contributed by atoms with van der Waals surface area (Å²) in [7, 11) is 0. The van der Waals surface area contributed by atoms with E-state index in [0.717, 1.165) is 17.9 Å². The maximum absolute atomic E-state index is 12.3. The quantitative estimate of drug-likeness (QED) is 0.867. The minimum Gasteiger partial charge on any atom is -0.494 e. The first-order chi connectivity index (χ1) is 9.90. The number of esters is 1. The normalized spacial score (nSPS) is 22.1. The number of carbonyl (C=O) groups is 1. The lowest BCUT2D eigenvalue weighted by atomic mass is 9.89. The van der Waals surface area contributed by atoms with Gasteiger partial charge in [-0.05, 0) is 45.4 Å². The van der Waals surface area contributed by atoms with Gasteiger partial charge in [-0.3, -0.25) is 4.79 Å². The van der Waals surface area contributed by atoms with Crippen molar-refractivity contribution in [3.8, 4) is 5.75 Å². The smallest absolute Gasteiger partial charge is 0.311 e. The van der Waals surface area contributed by atoms with E-state index in [9.17, 15) is 4.79 Å². The van der Waals surface area contributed by atoms with Crippen LogP contribution in [0.1, 0.15) is 39.2 Å². The Labute approximate surface area is 126 Å². The van der Waals surface area contributed by atoms with Gasteiger partial charge in [0.05, 0.1) is 12.5 Å². The van der Waals surface area contributed by atoms with Crippen molar-refractivity contribution in [1.82, 2.24) is 5.32 Å². The number of benzene rings is 1. The van der Waals surface area contributed by atoms with E-state index >= 15 is 0 Å². The molecule has 0 spiro atoms. The predicted octanol–water partition coefficient (Wildman–Crippen LogP) is 2.73. The molecule has 1 aromatic rings. The third kappa shape index (κ3) is 4.21. The third-order valence-corrected chi connectivity index (χ3v) is 3.54. The van der Waals surface area contributed by atoms with E-state index in [1.165, 1.54) is 0 Å². The number of carbonyl (C=O) groups excluding carboxylic acids is 1. The summed E-state index contributed by atoms with van der Waals surface area (Å²) in [6.07, 6.45) is 0. The molecule has 1 heterocycles. The highest BCUT2D eigenvalue weighted by atomic mass is 16.6. The summed E-state index contributed by atoms with van der Waals surface area (Å²) in [5, 5.41) is 3.30. The fourth-order valence-electron chi connectivity index (χ4n) is 2.63. The van der Waals surface area contributed by atoms with Gasteiger partial charge in [0.2, 0.25) is 0 Å². The molecular formula is C17H25NO3. The van der Waals surface area contributed by atoms with Crippen LogP contribution in [0.2, 0.25) is 0 Å². The van der Waals surface area contributed by atoms with Gasteiger partial charge in [0, 0.05) is 19.0 Å². The molecule has 1 aromatic carbocycles. The van der Waals surface area contributed by atoms with Gasteiger partial charge >= 0.3 is 5.97 Å². The van der Waals surface area contributed by atoms with Crippen LogP contribution in [0.5, 0.6) is 5.75 Å². The first-order valence-corrected chi connectivity index (χ1v) is 7.57. The van der Waals surface area contributed by atoms with Crippen LogP contribution in [-0.2, 0) is 9.53 Å². The van der Waals surface area contributed by atoms with Crippen molar-refractivity contribution in [3.05, 3.63) is 29.8 Å². The molecule has 4 nitrogen and oxygen atoms in total. The van der Waals surface area contributed by atoms with E-state index in [1.54, 1.807) is 0 Å². The largest absolute Gasteiger partial charge is 0.494 e. The van der Waals surface area contributed by atoms with Gasteiger partial charge in [-0.25, -0.2) is 0 Å². The van der Waals surface area contributed by atoms with Gasteiger partial charge in [0.25, 0.3) is 0 Å². The number of hydrogen-bond donors (Lipinski definition) is 1. The molecule has 0 amide bonds. The highest BCUT2D eigenvalue weighted by molar-refractivity contribution is 5.75. The lowest BCUT2D eigenvalue weighted by Gasteiger charge is -2.24. The molecule has 21 heavy (non-hydrogen) atoms. The molecule has 2 rings (SSSR count). The van der Waals surface area contributed by atoms with Crippen LogP contribution in [0.3, 0.4) is 0 Å². The average molecular weight is 291 g/mol. The van der Waals surface area contributed by atoms with Crippen LogP contribution < -0.4 is 10.1 Å². The first-order valence-electron chi connectivity index (χ1n) is 7.57. The minimum absolute atomic E-state index is 0.119. The zero-order valence-electron chi connectivity index (χ0n) is 13.3. The van der Waals surface area contributed by atoms with Gasteiger partial charge in [0.15, 0.2) is 0 Å². The number of hydrogen-bond acceptors (Lipinski definition) is 4. The van der Waals surface area contributed by atoms with E-state index < -0.39 is 5.60 Å². The fourth-order valence-corrected chi connectivity index (χ4v) is 2.63. The average Bonchev–Trinajstić information content (AvgIpc) is 2.87. The molecule has 0 aromatic heterocycles. The van der Waals surface area contributed by atoms with Crippen LogP contribution >= 0.6 is 0 Å². The molecule has 1 aliphatic heterocycles. The van der Waals surface area contributed by atoms with E-state index in [4.69, 9.17) is 9.47 Å². The van der Waals surface area contributed by atoms with Crippen LogP contribution in [0.25, 0.3) is 0 Å². The molecule has 0 saturated carbocycles. The molecule has 0 bridgehead atoms. The number of ether oxygens (including phenoxy) is 2. The Kier molecular flexibility index (Phi) is 4.88. The molecular weight excluding hydrogens is 266 g/mol. The minimum atomic E-state index is -0.441. The molecule has 1 fully saturated rings. The molecule has 2 unspecified atom stereocenters. The molecule has 1 N–H and O–H groups in total. The Hall–Kier alpha value is -1.55. The summed E-state index contributed by atoms with van der Waals surface area (Å²) in [6.45, 7) is 9.81. The highest BCUT2D eigenvalue weighted by Gasteiger charge is 2.36. The van der Waals surface area contributed by atoms with Gasteiger partial charge in [0.1, 0.15) is 11.4 Å². The van der Waals surface area contributed by atoms with Crippen LogP contribution in [-0.4, -0.2) is 31.3 Å². The Morgan fingerprint density at radius 3 is 2.48 bits per heavy atom. The number of nitrogens with one attached hydrogen (secondary N) is 1. The van der Waals surface area contributed by atoms with E-state index in [0.29, 0.717) is 13.2 Å². The van der Waals surface area contributed by atoms with Gasteiger partial charge in [-0.2, -0.15) is 0 Å². The Bertz CT molecular complexity index is 476. The van der Waals surface area contributed by atoms with Crippen LogP contribution in [0.4, 0.5) is 0 Å². The topological polar surface area (TPSA) is 47.6 Å². The van der Waals surface area contributed by atoms with Crippen molar-refractivity contribution >= 4 is 5.97 Å². The van der Waals surface area contributed by atoms with Crippen molar-refractivity contribution in [3.63, 3.8) is 0 Å². The molecule has 0 radical (unpaired) electrons. The molecule has 1 saturated heterocycles. The zero-order valence-corrected chi connectivity index (χ0v) is 13.3. The second kappa shape index (κ2) is 6.48. The number of rotatable bonds is 4. The summed E-state index contributed by atoms with van der Waals surface area (Å²) >= 11 is 0. The molecule has 4 heteroatoms. The maximum Gasteiger partial charge on any atom is 0.311 e. The summed E-state index contributed by atoms with van der Waals surface area (Å²) in [6, 6.07) is 8.01. The van der Waals surface area contributed by atoms with Gasteiger partial charge in [-0.15, -0.1) is 0 Å². The van der Waals surface area contributed by atoms with Crippen molar-refractivity contribution < 1.29 is 14.3 Å². The van der Waals surface area contributed by atoms with Crippen molar-refractivity contribution in [1.29, 1.82) is 0 Å².